The van der Waals surface area contributed by atoms with E-state index in [1.807, 2.05) is 53.1 Å². The number of amides is 1. The van der Waals surface area contributed by atoms with E-state index in [0.29, 0.717) is 29.8 Å². The van der Waals surface area contributed by atoms with Gasteiger partial charge in [0.25, 0.3) is 11.5 Å². The molecule has 1 N–H and O–H groups in total. The van der Waals surface area contributed by atoms with Crippen molar-refractivity contribution in [3.05, 3.63) is 82.4 Å². The van der Waals surface area contributed by atoms with E-state index in [9.17, 15) is 9.59 Å². The van der Waals surface area contributed by atoms with Crippen LogP contribution in [-0.2, 0) is 6.54 Å². The minimum Gasteiger partial charge on any atom is -0.352 e. The molecule has 7 nitrogen and oxygen atoms in total. The van der Waals surface area contributed by atoms with Crippen LogP contribution < -0.4 is 10.9 Å². The van der Waals surface area contributed by atoms with Gasteiger partial charge in [-0.1, -0.05) is 26.0 Å². The predicted molar refractivity (Wildman–Crippen MR) is 127 cm³/mol. The van der Waals surface area contributed by atoms with Crippen molar-refractivity contribution in [3.63, 3.8) is 0 Å². The van der Waals surface area contributed by atoms with Crippen molar-refractivity contribution in [2.75, 3.05) is 26.2 Å². The highest BCUT2D eigenvalue weighted by molar-refractivity contribution is 5.94. The molecule has 0 saturated carbocycles. The Balaban J connectivity index is 1.53. The van der Waals surface area contributed by atoms with E-state index in [1.54, 1.807) is 16.8 Å². The molecule has 4 rings (SSSR count). The summed E-state index contributed by atoms with van der Waals surface area (Å²) in [5.74, 6) is -0.0937. The van der Waals surface area contributed by atoms with Crippen molar-refractivity contribution in [3.8, 4) is 0 Å². The van der Waals surface area contributed by atoms with Crippen LogP contribution in [0.15, 0.2) is 65.7 Å². The molecule has 166 valence electrons. The SMILES string of the molecule is CCN(CC)CCCNC(=O)c1cccc(Cn2c(=O)c3cccn3c3cccnc32)c1. The van der Waals surface area contributed by atoms with Crippen molar-refractivity contribution in [2.24, 2.45) is 0 Å². The average Bonchev–Trinajstić information content (AvgIpc) is 3.32. The van der Waals surface area contributed by atoms with E-state index >= 15 is 0 Å². The second-order valence-electron chi connectivity index (χ2n) is 7.84. The molecule has 0 aliphatic carbocycles. The van der Waals surface area contributed by atoms with Crippen molar-refractivity contribution in [1.82, 2.24) is 24.2 Å². The topological polar surface area (TPSA) is 71.6 Å². The second-order valence-corrected chi connectivity index (χ2v) is 7.84. The number of fused-ring (bicyclic) bond motifs is 3. The summed E-state index contributed by atoms with van der Waals surface area (Å²) in [6.45, 7) is 8.28. The Kier molecular flexibility index (Phi) is 6.66. The number of nitrogens with one attached hydrogen (secondary N) is 1. The Morgan fingerprint density at radius 1 is 1.06 bits per heavy atom. The quantitative estimate of drug-likeness (QED) is 0.413. The molecule has 0 fully saturated rings. The van der Waals surface area contributed by atoms with Crippen LogP contribution in [0.2, 0.25) is 0 Å². The number of aromatic nitrogens is 3. The zero-order valence-electron chi connectivity index (χ0n) is 18.6. The molecule has 4 aromatic rings. The highest BCUT2D eigenvalue weighted by Gasteiger charge is 2.13. The molecular weight excluding hydrogens is 402 g/mol. The zero-order chi connectivity index (χ0) is 22.5. The lowest BCUT2D eigenvalue weighted by Gasteiger charge is -2.17. The molecule has 0 unspecified atom stereocenters. The largest absolute Gasteiger partial charge is 0.352 e. The van der Waals surface area contributed by atoms with Gasteiger partial charge in [0.05, 0.1) is 12.1 Å². The number of carbonyl (C=O) groups excluding carboxylic acids is 1. The molecule has 1 aromatic carbocycles. The van der Waals surface area contributed by atoms with E-state index in [-0.39, 0.29) is 11.5 Å². The first kappa shape index (κ1) is 21.8. The van der Waals surface area contributed by atoms with Gasteiger partial charge in [-0.2, -0.15) is 0 Å². The fourth-order valence-electron chi connectivity index (χ4n) is 4.07. The lowest BCUT2D eigenvalue weighted by atomic mass is 10.1. The third kappa shape index (κ3) is 4.43. The molecule has 32 heavy (non-hydrogen) atoms. The van der Waals surface area contributed by atoms with Crippen LogP contribution in [0, 0.1) is 0 Å². The maximum Gasteiger partial charge on any atom is 0.276 e. The van der Waals surface area contributed by atoms with Gasteiger partial charge in [-0.15, -0.1) is 0 Å². The minimum absolute atomic E-state index is 0.0937. The third-order valence-corrected chi connectivity index (χ3v) is 5.86. The van der Waals surface area contributed by atoms with Crippen molar-refractivity contribution < 1.29 is 4.79 Å². The Bertz CT molecular complexity index is 1290. The van der Waals surface area contributed by atoms with Crippen molar-refractivity contribution >= 4 is 22.6 Å². The van der Waals surface area contributed by atoms with Gasteiger partial charge in [0, 0.05) is 24.5 Å². The first-order valence-electron chi connectivity index (χ1n) is 11.2. The van der Waals surface area contributed by atoms with Crippen LogP contribution in [0.1, 0.15) is 36.2 Å². The van der Waals surface area contributed by atoms with Gasteiger partial charge in [0.2, 0.25) is 0 Å². The van der Waals surface area contributed by atoms with Gasteiger partial charge in [-0.3, -0.25) is 14.2 Å². The van der Waals surface area contributed by atoms with Gasteiger partial charge in [0.1, 0.15) is 5.52 Å². The Hall–Kier alpha value is -3.45. The molecule has 0 aliphatic rings. The monoisotopic (exact) mass is 431 g/mol. The van der Waals surface area contributed by atoms with Crippen molar-refractivity contribution in [2.45, 2.75) is 26.8 Å². The molecule has 0 saturated heterocycles. The fourth-order valence-corrected chi connectivity index (χ4v) is 4.07. The molecule has 0 bridgehead atoms. The average molecular weight is 432 g/mol. The number of nitrogens with zero attached hydrogens (tertiary/aromatic N) is 4. The number of rotatable bonds is 9. The summed E-state index contributed by atoms with van der Waals surface area (Å²) >= 11 is 0. The molecular formula is C25H29N5O2. The lowest BCUT2D eigenvalue weighted by molar-refractivity contribution is 0.0951. The van der Waals surface area contributed by atoms with Gasteiger partial charge < -0.3 is 14.6 Å². The highest BCUT2D eigenvalue weighted by Crippen LogP contribution is 2.15. The Morgan fingerprint density at radius 2 is 1.88 bits per heavy atom. The molecule has 3 heterocycles. The van der Waals surface area contributed by atoms with E-state index < -0.39 is 0 Å². The first-order chi connectivity index (χ1) is 15.6. The van der Waals surface area contributed by atoms with Gasteiger partial charge in [-0.05, 0) is 68.0 Å². The van der Waals surface area contributed by atoms with E-state index in [2.05, 4.69) is 29.0 Å². The summed E-state index contributed by atoms with van der Waals surface area (Å²) in [5, 5.41) is 3.01. The van der Waals surface area contributed by atoms with Crippen molar-refractivity contribution in [1.29, 1.82) is 0 Å². The summed E-state index contributed by atoms with van der Waals surface area (Å²) in [5.41, 5.74) is 3.46. The molecule has 7 heteroatoms. The molecule has 0 aliphatic heterocycles. The van der Waals surface area contributed by atoms with Crippen LogP contribution in [0.25, 0.3) is 16.7 Å². The van der Waals surface area contributed by atoms with E-state index in [4.69, 9.17) is 0 Å². The first-order valence-corrected chi connectivity index (χ1v) is 11.2. The standard InChI is InChI=1S/C25H29N5O2/c1-3-28(4-2)15-8-14-27-24(31)20-10-5-9-19(17-20)18-30-23-21(11-6-13-26-23)29-16-7-12-22(29)25(30)32/h5-7,9-13,16-17H,3-4,8,14-15,18H2,1-2H3,(H,27,31). The van der Waals surface area contributed by atoms with Gasteiger partial charge >= 0.3 is 0 Å². The van der Waals surface area contributed by atoms with Gasteiger partial charge in [-0.25, -0.2) is 4.98 Å². The normalized spacial score (nSPS) is 11.5. The van der Waals surface area contributed by atoms with Crippen LogP contribution in [0.5, 0.6) is 0 Å². The number of carbonyl (C=O) groups is 1. The smallest absolute Gasteiger partial charge is 0.276 e. The summed E-state index contributed by atoms with van der Waals surface area (Å²) in [4.78, 5) is 32.6. The summed E-state index contributed by atoms with van der Waals surface area (Å²) < 4.78 is 3.54. The van der Waals surface area contributed by atoms with Gasteiger partial charge in [0.15, 0.2) is 5.65 Å². The molecule has 0 radical (unpaired) electrons. The number of hydrogen-bond acceptors (Lipinski definition) is 4. The summed E-state index contributed by atoms with van der Waals surface area (Å²) in [6, 6.07) is 14.9. The molecule has 1 amide bonds. The van der Waals surface area contributed by atoms with E-state index in [0.717, 1.165) is 37.1 Å². The summed E-state index contributed by atoms with van der Waals surface area (Å²) in [7, 11) is 0. The highest BCUT2D eigenvalue weighted by atomic mass is 16.1. The Labute approximate surface area is 187 Å². The molecule has 0 atom stereocenters. The molecule has 3 aromatic heterocycles. The number of benzene rings is 1. The van der Waals surface area contributed by atoms with Crippen LogP contribution in [0.3, 0.4) is 0 Å². The van der Waals surface area contributed by atoms with E-state index in [1.165, 1.54) is 0 Å². The van der Waals surface area contributed by atoms with Crippen LogP contribution >= 0.6 is 0 Å². The lowest BCUT2D eigenvalue weighted by Crippen LogP contribution is -2.30. The summed E-state index contributed by atoms with van der Waals surface area (Å²) in [6.07, 6.45) is 4.48. The maximum absolute atomic E-state index is 13.1. The minimum atomic E-state index is -0.104. The Morgan fingerprint density at radius 3 is 2.69 bits per heavy atom. The predicted octanol–water partition coefficient (Wildman–Crippen LogP) is 3.16. The van der Waals surface area contributed by atoms with Crippen LogP contribution in [-0.4, -0.2) is 50.9 Å². The third-order valence-electron chi connectivity index (χ3n) is 5.86. The second kappa shape index (κ2) is 9.78. The molecule has 0 spiro atoms. The van der Waals surface area contributed by atoms with Crippen LogP contribution in [0.4, 0.5) is 0 Å². The zero-order valence-corrected chi connectivity index (χ0v) is 18.6. The number of hydrogen-bond donors (Lipinski definition) is 1. The fraction of sp³-hybridized carbons (Fsp3) is 0.320. The maximum atomic E-state index is 13.1. The number of pyridine rings is 1.